The Balaban J connectivity index is 2.14. The minimum absolute atomic E-state index is 0.0646. The van der Waals surface area contributed by atoms with Crippen molar-refractivity contribution in [3.8, 4) is 0 Å². The van der Waals surface area contributed by atoms with Crippen molar-refractivity contribution in [2.45, 2.75) is 45.6 Å². The molecule has 1 fully saturated rings. The summed E-state index contributed by atoms with van der Waals surface area (Å²) in [5.74, 6) is 1.48. The Labute approximate surface area is 118 Å². The summed E-state index contributed by atoms with van der Waals surface area (Å²) >= 11 is 0. The zero-order valence-electron chi connectivity index (χ0n) is 11.9. The highest BCUT2D eigenvalue weighted by molar-refractivity contribution is 5.57. The molecule has 2 rings (SSSR count). The fourth-order valence-electron chi connectivity index (χ4n) is 2.46. The zero-order chi connectivity index (χ0) is 14.5. The number of hydrogen-bond acceptors (Lipinski definition) is 6. The Morgan fingerprint density at radius 1 is 1.40 bits per heavy atom. The highest BCUT2D eigenvalue weighted by Crippen LogP contribution is 2.29. The van der Waals surface area contributed by atoms with E-state index < -0.39 is 4.92 Å². The summed E-state index contributed by atoms with van der Waals surface area (Å²) in [5.41, 5.74) is -0.0646. The van der Waals surface area contributed by atoms with E-state index in [4.69, 9.17) is 0 Å². The minimum atomic E-state index is -0.441. The molecule has 0 aliphatic heterocycles. The van der Waals surface area contributed by atoms with Crippen LogP contribution in [0.2, 0.25) is 0 Å². The van der Waals surface area contributed by atoms with Crippen molar-refractivity contribution in [3.63, 3.8) is 0 Å². The Morgan fingerprint density at radius 3 is 2.70 bits per heavy atom. The van der Waals surface area contributed by atoms with Gasteiger partial charge in [0.1, 0.15) is 6.20 Å². The Bertz CT molecular complexity index is 472. The fraction of sp³-hybridized carbons (Fsp3) is 0.692. The molecule has 1 aromatic rings. The first-order chi connectivity index (χ1) is 9.60. The number of anilines is 2. The quantitative estimate of drug-likeness (QED) is 0.636. The average molecular weight is 279 g/mol. The van der Waals surface area contributed by atoms with E-state index in [0.29, 0.717) is 18.3 Å². The Morgan fingerprint density at radius 2 is 2.10 bits per heavy atom. The van der Waals surface area contributed by atoms with Crippen LogP contribution in [0.15, 0.2) is 6.20 Å². The van der Waals surface area contributed by atoms with Crippen LogP contribution >= 0.6 is 0 Å². The normalized spacial score (nSPS) is 22.3. The number of nitrogens with one attached hydrogen (secondary N) is 2. The molecule has 7 heteroatoms. The summed E-state index contributed by atoms with van der Waals surface area (Å²) < 4.78 is 0. The van der Waals surface area contributed by atoms with Gasteiger partial charge < -0.3 is 10.6 Å². The topological polar surface area (TPSA) is 93.0 Å². The van der Waals surface area contributed by atoms with E-state index in [1.165, 1.54) is 6.20 Å². The van der Waals surface area contributed by atoms with E-state index in [9.17, 15) is 10.1 Å². The predicted octanol–water partition coefficient (Wildman–Crippen LogP) is 2.81. The molecule has 2 N–H and O–H groups in total. The standard InChI is InChI=1S/C13H21N5O2/c1-3-14-13-15-8-11(18(19)20)12(17-13)16-10-6-4-9(2)5-7-10/h8-10H,3-7H2,1-2H3,(H2,14,15,16,17). The van der Waals surface area contributed by atoms with Crippen LogP contribution in [-0.4, -0.2) is 27.5 Å². The molecule has 0 bridgehead atoms. The summed E-state index contributed by atoms with van der Waals surface area (Å²) in [5, 5.41) is 17.2. The molecule has 0 aromatic carbocycles. The maximum absolute atomic E-state index is 11.0. The van der Waals surface area contributed by atoms with Gasteiger partial charge in [-0.1, -0.05) is 6.92 Å². The van der Waals surface area contributed by atoms with E-state index in [-0.39, 0.29) is 11.7 Å². The second kappa shape index (κ2) is 6.49. The van der Waals surface area contributed by atoms with Crippen LogP contribution in [-0.2, 0) is 0 Å². The van der Waals surface area contributed by atoms with Crippen molar-refractivity contribution >= 4 is 17.5 Å². The third-order valence-corrected chi connectivity index (χ3v) is 3.66. The maximum atomic E-state index is 11.0. The molecular weight excluding hydrogens is 258 g/mol. The molecule has 0 atom stereocenters. The smallest absolute Gasteiger partial charge is 0.329 e. The van der Waals surface area contributed by atoms with Crippen LogP contribution in [0.4, 0.5) is 17.5 Å². The van der Waals surface area contributed by atoms with Crippen molar-refractivity contribution in [2.24, 2.45) is 5.92 Å². The molecule has 0 radical (unpaired) electrons. The van der Waals surface area contributed by atoms with Gasteiger partial charge in [0.05, 0.1) is 4.92 Å². The van der Waals surface area contributed by atoms with Gasteiger partial charge in [-0.3, -0.25) is 10.1 Å². The number of rotatable bonds is 5. The largest absolute Gasteiger partial charge is 0.361 e. The number of nitro groups is 1. The monoisotopic (exact) mass is 279 g/mol. The summed E-state index contributed by atoms with van der Waals surface area (Å²) in [4.78, 5) is 18.8. The Kier molecular flexibility index (Phi) is 4.70. The van der Waals surface area contributed by atoms with Gasteiger partial charge in [-0.05, 0) is 38.5 Å². The van der Waals surface area contributed by atoms with Crippen LogP contribution in [0, 0.1) is 16.0 Å². The second-order valence-electron chi connectivity index (χ2n) is 5.32. The molecule has 0 saturated heterocycles. The average Bonchev–Trinajstić information content (AvgIpc) is 2.42. The van der Waals surface area contributed by atoms with Gasteiger partial charge in [-0.25, -0.2) is 4.98 Å². The Hall–Kier alpha value is -1.92. The number of nitrogens with zero attached hydrogens (tertiary/aromatic N) is 3. The van der Waals surface area contributed by atoms with E-state index in [1.807, 2.05) is 6.92 Å². The van der Waals surface area contributed by atoms with E-state index in [2.05, 4.69) is 27.5 Å². The molecule has 0 unspecified atom stereocenters. The summed E-state index contributed by atoms with van der Waals surface area (Å²) in [6.07, 6.45) is 5.61. The van der Waals surface area contributed by atoms with Crippen molar-refractivity contribution in [1.82, 2.24) is 9.97 Å². The highest BCUT2D eigenvalue weighted by Gasteiger charge is 2.23. The SMILES string of the molecule is CCNc1ncc([N+](=O)[O-])c(NC2CCC(C)CC2)n1. The first-order valence-electron chi connectivity index (χ1n) is 7.12. The molecule has 110 valence electrons. The molecule has 0 spiro atoms. The number of aromatic nitrogens is 2. The van der Waals surface area contributed by atoms with Gasteiger partial charge >= 0.3 is 5.69 Å². The molecular formula is C13H21N5O2. The molecule has 1 aromatic heterocycles. The first kappa shape index (κ1) is 14.5. The summed E-state index contributed by atoms with van der Waals surface area (Å²) in [6, 6.07) is 0.259. The molecule has 20 heavy (non-hydrogen) atoms. The highest BCUT2D eigenvalue weighted by atomic mass is 16.6. The molecule has 1 aliphatic carbocycles. The zero-order valence-corrected chi connectivity index (χ0v) is 11.9. The van der Waals surface area contributed by atoms with E-state index in [0.717, 1.165) is 31.6 Å². The molecule has 0 amide bonds. The van der Waals surface area contributed by atoms with Gasteiger partial charge in [0, 0.05) is 12.6 Å². The van der Waals surface area contributed by atoms with Crippen LogP contribution in [0.5, 0.6) is 0 Å². The van der Waals surface area contributed by atoms with Gasteiger partial charge in [-0.15, -0.1) is 0 Å². The van der Waals surface area contributed by atoms with Crippen molar-refractivity contribution in [2.75, 3.05) is 17.2 Å². The van der Waals surface area contributed by atoms with Gasteiger partial charge in [-0.2, -0.15) is 4.98 Å². The van der Waals surface area contributed by atoms with Crippen molar-refractivity contribution in [3.05, 3.63) is 16.3 Å². The van der Waals surface area contributed by atoms with E-state index >= 15 is 0 Å². The lowest BCUT2D eigenvalue weighted by Gasteiger charge is -2.27. The molecule has 7 nitrogen and oxygen atoms in total. The number of hydrogen-bond donors (Lipinski definition) is 2. The van der Waals surface area contributed by atoms with E-state index in [1.54, 1.807) is 0 Å². The molecule has 1 aliphatic rings. The lowest BCUT2D eigenvalue weighted by molar-refractivity contribution is -0.384. The summed E-state index contributed by atoms with van der Waals surface area (Å²) in [7, 11) is 0. The van der Waals surface area contributed by atoms with Gasteiger partial charge in [0.2, 0.25) is 11.8 Å². The summed E-state index contributed by atoms with van der Waals surface area (Å²) in [6.45, 7) is 4.85. The van der Waals surface area contributed by atoms with Crippen molar-refractivity contribution in [1.29, 1.82) is 0 Å². The third-order valence-electron chi connectivity index (χ3n) is 3.66. The van der Waals surface area contributed by atoms with Gasteiger partial charge in [0.25, 0.3) is 0 Å². The predicted molar refractivity (Wildman–Crippen MR) is 77.9 cm³/mol. The lowest BCUT2D eigenvalue weighted by Crippen LogP contribution is -2.26. The van der Waals surface area contributed by atoms with Crippen molar-refractivity contribution < 1.29 is 4.92 Å². The molecule has 1 saturated carbocycles. The second-order valence-corrected chi connectivity index (χ2v) is 5.32. The van der Waals surface area contributed by atoms with Crippen LogP contribution < -0.4 is 10.6 Å². The fourth-order valence-corrected chi connectivity index (χ4v) is 2.46. The van der Waals surface area contributed by atoms with Gasteiger partial charge in [0.15, 0.2) is 0 Å². The molecule has 1 heterocycles. The lowest BCUT2D eigenvalue weighted by atomic mass is 9.87. The minimum Gasteiger partial charge on any atom is -0.361 e. The maximum Gasteiger partial charge on any atom is 0.329 e. The van der Waals surface area contributed by atoms with Crippen LogP contribution in [0.1, 0.15) is 39.5 Å². The third kappa shape index (κ3) is 3.55. The van der Waals surface area contributed by atoms with Crippen LogP contribution in [0.25, 0.3) is 0 Å². The van der Waals surface area contributed by atoms with Crippen LogP contribution in [0.3, 0.4) is 0 Å². The first-order valence-corrected chi connectivity index (χ1v) is 7.12.